The highest BCUT2D eigenvalue weighted by atomic mass is 79.9. The average molecular weight is 369 g/mol. The van der Waals surface area contributed by atoms with Gasteiger partial charge in [0.1, 0.15) is 0 Å². The van der Waals surface area contributed by atoms with Gasteiger partial charge < -0.3 is 10.2 Å². The van der Waals surface area contributed by atoms with E-state index in [1.165, 1.54) is 25.7 Å². The molecule has 0 saturated heterocycles. The molecule has 22 heavy (non-hydrogen) atoms. The van der Waals surface area contributed by atoms with Crippen molar-refractivity contribution in [1.82, 2.24) is 0 Å². The summed E-state index contributed by atoms with van der Waals surface area (Å²) in [5.74, 6) is 0.525. The lowest BCUT2D eigenvalue weighted by molar-refractivity contribution is -0.270. The smallest absolute Gasteiger partial charge is 0.188 e. The third kappa shape index (κ3) is 1.85. The normalized spacial score (nSPS) is 56.1. The van der Waals surface area contributed by atoms with Gasteiger partial charge in [0.05, 0.1) is 0 Å². The topological polar surface area (TPSA) is 40.5 Å². The fourth-order valence-corrected chi connectivity index (χ4v) is 8.04. The molecule has 0 aromatic heterocycles. The first-order valence-corrected chi connectivity index (χ1v) is 9.98. The van der Waals surface area contributed by atoms with Gasteiger partial charge >= 0.3 is 0 Å². The van der Waals surface area contributed by atoms with Gasteiger partial charge in [-0.1, -0.05) is 42.3 Å². The Labute approximate surface area is 142 Å². The van der Waals surface area contributed by atoms with Crippen LogP contribution in [0.25, 0.3) is 0 Å². The number of hydrogen-bond acceptors (Lipinski definition) is 2. The molecule has 2 N–H and O–H groups in total. The van der Waals surface area contributed by atoms with Crippen molar-refractivity contribution in [2.45, 2.75) is 69.4 Å². The first kappa shape index (κ1) is 15.7. The first-order chi connectivity index (χ1) is 10.3. The third-order valence-corrected chi connectivity index (χ3v) is 9.21. The van der Waals surface area contributed by atoms with E-state index >= 15 is 0 Å². The van der Waals surface area contributed by atoms with Crippen molar-refractivity contribution in [2.24, 2.45) is 34.5 Å². The molecule has 0 spiro atoms. The summed E-state index contributed by atoms with van der Waals surface area (Å²) >= 11 is 4.03. The van der Waals surface area contributed by atoms with E-state index in [1.807, 2.05) is 6.08 Å². The van der Waals surface area contributed by atoms with E-state index in [0.717, 1.165) is 25.2 Å². The van der Waals surface area contributed by atoms with Crippen LogP contribution in [0.3, 0.4) is 0 Å². The summed E-state index contributed by atoms with van der Waals surface area (Å²) in [5, 5.41) is 21.6. The molecule has 124 valence electrons. The number of alkyl halides is 1. The quantitative estimate of drug-likeness (QED) is 0.381. The molecule has 0 radical (unpaired) electrons. The van der Waals surface area contributed by atoms with Crippen LogP contribution in [0.1, 0.15) is 58.8 Å². The van der Waals surface area contributed by atoms with Gasteiger partial charge in [0, 0.05) is 10.2 Å². The average Bonchev–Trinajstić information content (AvgIpc) is 2.83. The summed E-state index contributed by atoms with van der Waals surface area (Å²) in [5.41, 5.74) is 0.106. The lowest BCUT2D eigenvalue weighted by Crippen LogP contribution is -2.64. The molecule has 1 unspecified atom stereocenters. The predicted molar refractivity (Wildman–Crippen MR) is 91.5 cm³/mol. The molecule has 4 aliphatic carbocycles. The van der Waals surface area contributed by atoms with Crippen LogP contribution in [0.15, 0.2) is 12.2 Å². The molecule has 0 bridgehead atoms. The van der Waals surface area contributed by atoms with Gasteiger partial charge in [0.2, 0.25) is 0 Å². The summed E-state index contributed by atoms with van der Waals surface area (Å²) in [4.78, 5) is 0.542. The number of halogens is 1. The van der Waals surface area contributed by atoms with Crippen molar-refractivity contribution in [3.05, 3.63) is 12.2 Å². The Morgan fingerprint density at radius 2 is 1.86 bits per heavy atom. The Morgan fingerprint density at radius 1 is 1.09 bits per heavy atom. The standard InChI is InChI=1S/C19H29BrO2/c1-17-8-4-6-13(17)16-14(7-10-17)18(2)12(11-15(16)20)5-3-9-19(18,21)22/h3,9,12-16,21-22H,4-8,10-11H2,1-2H3/t12?,13-,14-,15-,16-,17-,18-/m0/s1. The van der Waals surface area contributed by atoms with Gasteiger partial charge in [-0.2, -0.15) is 0 Å². The van der Waals surface area contributed by atoms with E-state index < -0.39 is 5.79 Å². The molecule has 7 atom stereocenters. The van der Waals surface area contributed by atoms with Gasteiger partial charge in [-0.05, 0) is 73.7 Å². The molecular formula is C19H29BrO2. The van der Waals surface area contributed by atoms with Crippen LogP contribution in [0, 0.1) is 34.5 Å². The maximum Gasteiger partial charge on any atom is 0.188 e. The fraction of sp³-hybridized carbons (Fsp3) is 0.895. The van der Waals surface area contributed by atoms with E-state index in [9.17, 15) is 10.2 Å². The Hall–Kier alpha value is 0.140. The van der Waals surface area contributed by atoms with Crippen molar-refractivity contribution in [3.8, 4) is 0 Å². The predicted octanol–water partition coefficient (Wildman–Crippen LogP) is 4.25. The van der Waals surface area contributed by atoms with E-state index in [0.29, 0.717) is 28.0 Å². The zero-order valence-electron chi connectivity index (χ0n) is 13.8. The molecule has 0 aromatic carbocycles. The van der Waals surface area contributed by atoms with Crippen molar-refractivity contribution in [2.75, 3.05) is 0 Å². The van der Waals surface area contributed by atoms with E-state index in [-0.39, 0.29) is 5.41 Å². The summed E-state index contributed by atoms with van der Waals surface area (Å²) < 4.78 is 0. The van der Waals surface area contributed by atoms with Crippen molar-refractivity contribution in [1.29, 1.82) is 0 Å². The molecule has 2 nitrogen and oxygen atoms in total. The highest BCUT2D eigenvalue weighted by Crippen LogP contribution is 2.67. The molecule has 0 heterocycles. The molecule has 0 aliphatic heterocycles. The number of rotatable bonds is 0. The number of hydrogen-bond donors (Lipinski definition) is 2. The zero-order chi connectivity index (χ0) is 15.8. The van der Waals surface area contributed by atoms with Crippen molar-refractivity contribution < 1.29 is 10.2 Å². The SMILES string of the molecule is C[C@@]12CCC[C@H]1[C@@H]1[C@@H](Br)CC3CC=CC(O)(O)[C@]3(C)[C@H]1CC2. The van der Waals surface area contributed by atoms with Gasteiger partial charge in [-0.3, -0.25) is 0 Å². The molecule has 4 aliphatic rings. The Morgan fingerprint density at radius 3 is 2.64 bits per heavy atom. The lowest BCUT2D eigenvalue weighted by atomic mass is 9.44. The minimum Gasteiger partial charge on any atom is -0.362 e. The highest BCUT2D eigenvalue weighted by molar-refractivity contribution is 9.09. The summed E-state index contributed by atoms with van der Waals surface area (Å²) in [6, 6.07) is 0. The van der Waals surface area contributed by atoms with Crippen molar-refractivity contribution in [3.63, 3.8) is 0 Å². The largest absolute Gasteiger partial charge is 0.362 e. The Balaban J connectivity index is 1.77. The maximum atomic E-state index is 10.8. The van der Waals surface area contributed by atoms with Gasteiger partial charge in [0.25, 0.3) is 0 Å². The van der Waals surface area contributed by atoms with Crippen LogP contribution in [-0.4, -0.2) is 20.8 Å². The van der Waals surface area contributed by atoms with Crippen LogP contribution in [0.4, 0.5) is 0 Å². The van der Waals surface area contributed by atoms with Crippen LogP contribution < -0.4 is 0 Å². The maximum absolute atomic E-state index is 10.8. The van der Waals surface area contributed by atoms with Crippen molar-refractivity contribution >= 4 is 15.9 Å². The molecule has 3 saturated carbocycles. The van der Waals surface area contributed by atoms with Crippen LogP contribution in [-0.2, 0) is 0 Å². The zero-order valence-corrected chi connectivity index (χ0v) is 15.3. The summed E-state index contributed by atoms with van der Waals surface area (Å²) in [6.07, 6.45) is 12.2. The lowest BCUT2D eigenvalue weighted by Gasteiger charge is -2.63. The Kier molecular flexibility index (Phi) is 3.44. The highest BCUT2D eigenvalue weighted by Gasteiger charge is 2.65. The number of aliphatic hydroxyl groups is 2. The summed E-state index contributed by atoms with van der Waals surface area (Å²) in [7, 11) is 0. The second kappa shape index (κ2) is 4.83. The molecule has 0 amide bonds. The number of fused-ring (bicyclic) bond motifs is 5. The van der Waals surface area contributed by atoms with Crippen LogP contribution in [0.5, 0.6) is 0 Å². The van der Waals surface area contributed by atoms with E-state index in [1.54, 1.807) is 6.08 Å². The molecule has 0 aromatic rings. The van der Waals surface area contributed by atoms with Gasteiger partial charge in [-0.15, -0.1) is 0 Å². The van der Waals surface area contributed by atoms with Gasteiger partial charge in [-0.25, -0.2) is 0 Å². The molecule has 4 rings (SSSR count). The minimum absolute atomic E-state index is 0.379. The minimum atomic E-state index is -1.64. The third-order valence-electron chi connectivity index (χ3n) is 8.22. The second-order valence-corrected chi connectivity index (χ2v) is 10.1. The Bertz CT molecular complexity index is 502. The fourth-order valence-electron chi connectivity index (χ4n) is 6.86. The monoisotopic (exact) mass is 368 g/mol. The van der Waals surface area contributed by atoms with Crippen LogP contribution >= 0.6 is 15.9 Å². The molecule has 3 heteroatoms. The van der Waals surface area contributed by atoms with E-state index in [4.69, 9.17) is 0 Å². The summed E-state index contributed by atoms with van der Waals surface area (Å²) in [6.45, 7) is 4.65. The van der Waals surface area contributed by atoms with Crippen LogP contribution in [0.2, 0.25) is 0 Å². The van der Waals surface area contributed by atoms with Gasteiger partial charge in [0.15, 0.2) is 5.79 Å². The second-order valence-electron chi connectivity index (χ2n) is 8.97. The first-order valence-electron chi connectivity index (χ1n) is 9.06. The number of allylic oxidation sites excluding steroid dienone is 1. The molecular weight excluding hydrogens is 340 g/mol. The molecule has 3 fully saturated rings. The van der Waals surface area contributed by atoms with E-state index in [2.05, 4.69) is 29.8 Å².